The van der Waals surface area contributed by atoms with Gasteiger partial charge in [-0.3, -0.25) is 4.79 Å². The van der Waals surface area contributed by atoms with Crippen LogP contribution in [0.5, 0.6) is 0 Å². The molecule has 1 radical (unpaired) electrons. The van der Waals surface area contributed by atoms with Crippen LogP contribution < -0.4 is 5.73 Å². The van der Waals surface area contributed by atoms with Crippen LogP contribution in [0.15, 0.2) is 24.4 Å². The molecule has 0 fully saturated rings. The van der Waals surface area contributed by atoms with Gasteiger partial charge in [0.15, 0.2) is 0 Å². The van der Waals surface area contributed by atoms with E-state index < -0.39 is 5.91 Å². The highest BCUT2D eigenvalue weighted by molar-refractivity contribution is 6.05. The summed E-state index contributed by atoms with van der Waals surface area (Å²) in [5, 5.41) is 0.789. The summed E-state index contributed by atoms with van der Waals surface area (Å²) >= 11 is 0. The van der Waals surface area contributed by atoms with E-state index in [4.69, 9.17) is 5.73 Å². The fourth-order valence-electron chi connectivity index (χ4n) is 1.45. The van der Waals surface area contributed by atoms with Gasteiger partial charge in [-0.1, -0.05) is 12.1 Å². The monoisotopic (exact) mass is 173 g/mol. The molecule has 1 aromatic heterocycles. The van der Waals surface area contributed by atoms with Crippen molar-refractivity contribution in [1.29, 1.82) is 0 Å². The smallest absolute Gasteiger partial charge is 0.250 e. The maximum absolute atomic E-state index is 11.0. The Bertz CT molecular complexity index is 471. The highest BCUT2D eigenvalue weighted by Gasteiger charge is 2.09. The van der Waals surface area contributed by atoms with Crippen LogP contribution in [0.1, 0.15) is 10.4 Å². The van der Waals surface area contributed by atoms with Crippen molar-refractivity contribution in [1.82, 2.24) is 4.57 Å². The first-order valence-electron chi connectivity index (χ1n) is 3.95. The minimum absolute atomic E-state index is 0.409. The SMILES string of the molecule is Cn1cc(C(N)=O)c2[c]cccc21. The number of aromatic nitrogens is 1. The van der Waals surface area contributed by atoms with Gasteiger partial charge in [0.05, 0.1) is 5.56 Å². The lowest BCUT2D eigenvalue weighted by Crippen LogP contribution is -2.10. The average molecular weight is 173 g/mol. The normalized spacial score (nSPS) is 10.5. The zero-order valence-corrected chi connectivity index (χ0v) is 7.24. The van der Waals surface area contributed by atoms with E-state index in [0.29, 0.717) is 5.56 Å². The van der Waals surface area contributed by atoms with Gasteiger partial charge in [-0.2, -0.15) is 0 Å². The van der Waals surface area contributed by atoms with E-state index in [-0.39, 0.29) is 0 Å². The van der Waals surface area contributed by atoms with Crippen LogP contribution in [0.4, 0.5) is 0 Å². The van der Waals surface area contributed by atoms with Crippen molar-refractivity contribution >= 4 is 16.8 Å². The largest absolute Gasteiger partial charge is 0.366 e. The summed E-state index contributed by atoms with van der Waals surface area (Å²) in [6.07, 6.45) is 1.73. The Balaban J connectivity index is 2.85. The molecule has 0 aliphatic heterocycles. The van der Waals surface area contributed by atoms with Crippen molar-refractivity contribution in [2.45, 2.75) is 0 Å². The van der Waals surface area contributed by atoms with E-state index in [9.17, 15) is 4.79 Å². The highest BCUT2D eigenvalue weighted by atomic mass is 16.1. The number of carbonyl (C=O) groups excluding carboxylic acids is 1. The van der Waals surface area contributed by atoms with Crippen molar-refractivity contribution in [3.63, 3.8) is 0 Å². The number of amides is 1. The van der Waals surface area contributed by atoms with E-state index >= 15 is 0 Å². The second-order valence-electron chi connectivity index (χ2n) is 2.95. The molecule has 1 heterocycles. The van der Waals surface area contributed by atoms with Crippen LogP contribution in [-0.2, 0) is 7.05 Å². The Morgan fingerprint density at radius 2 is 2.38 bits per heavy atom. The number of fused-ring (bicyclic) bond motifs is 1. The number of primary amides is 1. The lowest BCUT2D eigenvalue weighted by atomic mass is 10.2. The third-order valence-corrected chi connectivity index (χ3v) is 2.07. The lowest BCUT2D eigenvalue weighted by Gasteiger charge is -1.92. The Morgan fingerprint density at radius 1 is 1.62 bits per heavy atom. The van der Waals surface area contributed by atoms with Crippen LogP contribution in [0.25, 0.3) is 10.9 Å². The zero-order chi connectivity index (χ0) is 9.42. The molecule has 0 unspecified atom stereocenters. The van der Waals surface area contributed by atoms with Gasteiger partial charge in [0, 0.05) is 24.1 Å². The fraction of sp³-hybridized carbons (Fsp3) is 0.100. The molecule has 65 valence electrons. The summed E-state index contributed by atoms with van der Waals surface area (Å²) in [4.78, 5) is 11.0. The predicted octanol–water partition coefficient (Wildman–Crippen LogP) is 1.08. The van der Waals surface area contributed by atoms with Gasteiger partial charge in [0.1, 0.15) is 0 Å². The molecular formula is C10H9N2O. The second kappa shape index (κ2) is 2.62. The first-order valence-corrected chi connectivity index (χ1v) is 3.95. The summed E-state index contributed by atoms with van der Waals surface area (Å²) in [5.41, 5.74) is 6.72. The van der Waals surface area contributed by atoms with Crippen LogP contribution in [0, 0.1) is 6.07 Å². The standard InChI is InChI=1S/C10H9N2O/c1-12-6-8(10(11)13)7-4-2-3-5-9(7)12/h2-3,5-6H,1H3,(H2,11,13). The van der Waals surface area contributed by atoms with E-state index in [1.807, 2.05) is 23.7 Å². The number of nitrogens with zero attached hydrogens (tertiary/aromatic N) is 1. The summed E-state index contributed by atoms with van der Waals surface area (Å²) in [5.74, 6) is -0.409. The zero-order valence-electron chi connectivity index (χ0n) is 7.24. The van der Waals surface area contributed by atoms with Gasteiger partial charge in [-0.05, 0) is 12.1 Å². The molecule has 0 atom stereocenters. The highest BCUT2D eigenvalue weighted by Crippen LogP contribution is 2.18. The number of hydrogen-bond acceptors (Lipinski definition) is 1. The van der Waals surface area contributed by atoms with Crippen LogP contribution >= 0.6 is 0 Å². The van der Waals surface area contributed by atoms with E-state index in [0.717, 1.165) is 10.9 Å². The van der Waals surface area contributed by atoms with E-state index in [1.165, 1.54) is 0 Å². The molecule has 0 bridgehead atoms. The predicted molar refractivity (Wildman–Crippen MR) is 50.3 cm³/mol. The third kappa shape index (κ3) is 1.09. The van der Waals surface area contributed by atoms with Crippen LogP contribution in [0.2, 0.25) is 0 Å². The molecule has 0 saturated carbocycles. The second-order valence-corrected chi connectivity index (χ2v) is 2.95. The fourth-order valence-corrected chi connectivity index (χ4v) is 1.45. The lowest BCUT2D eigenvalue weighted by molar-refractivity contribution is 0.100. The Kier molecular flexibility index (Phi) is 1.59. The molecule has 3 nitrogen and oxygen atoms in total. The summed E-state index contributed by atoms with van der Waals surface area (Å²) < 4.78 is 1.87. The Morgan fingerprint density at radius 3 is 3.08 bits per heavy atom. The third-order valence-electron chi connectivity index (χ3n) is 2.07. The Hall–Kier alpha value is -1.77. The van der Waals surface area contributed by atoms with Crippen LogP contribution in [0.3, 0.4) is 0 Å². The van der Waals surface area contributed by atoms with Gasteiger partial charge in [0.25, 0.3) is 5.91 Å². The number of carbonyl (C=O) groups is 1. The number of rotatable bonds is 1. The van der Waals surface area contributed by atoms with Crippen molar-refractivity contribution in [2.24, 2.45) is 12.8 Å². The number of nitrogens with two attached hydrogens (primary N) is 1. The first kappa shape index (κ1) is 7.86. The molecule has 13 heavy (non-hydrogen) atoms. The molecule has 0 aliphatic rings. The quantitative estimate of drug-likeness (QED) is 0.689. The number of aryl methyl sites for hydroxylation is 1. The molecule has 2 aromatic rings. The molecule has 2 N–H and O–H groups in total. The maximum Gasteiger partial charge on any atom is 0.250 e. The molecule has 3 heteroatoms. The molecule has 2 rings (SSSR count). The Labute approximate surface area is 75.8 Å². The summed E-state index contributed by atoms with van der Waals surface area (Å²) in [6.45, 7) is 0. The minimum atomic E-state index is -0.409. The molecule has 0 spiro atoms. The maximum atomic E-state index is 11.0. The van der Waals surface area contributed by atoms with Crippen molar-refractivity contribution in [3.8, 4) is 0 Å². The van der Waals surface area contributed by atoms with E-state index in [2.05, 4.69) is 6.07 Å². The van der Waals surface area contributed by atoms with Gasteiger partial charge >= 0.3 is 0 Å². The van der Waals surface area contributed by atoms with Crippen molar-refractivity contribution < 1.29 is 4.79 Å². The number of benzene rings is 1. The molecule has 1 amide bonds. The molecular weight excluding hydrogens is 164 g/mol. The summed E-state index contributed by atoms with van der Waals surface area (Å²) in [6, 6.07) is 8.58. The topological polar surface area (TPSA) is 48.0 Å². The van der Waals surface area contributed by atoms with E-state index in [1.54, 1.807) is 12.3 Å². The van der Waals surface area contributed by atoms with Crippen molar-refractivity contribution in [3.05, 3.63) is 36.0 Å². The molecule has 1 aromatic carbocycles. The van der Waals surface area contributed by atoms with Crippen LogP contribution in [-0.4, -0.2) is 10.5 Å². The minimum Gasteiger partial charge on any atom is -0.366 e. The van der Waals surface area contributed by atoms with Gasteiger partial charge in [-0.25, -0.2) is 0 Å². The van der Waals surface area contributed by atoms with Gasteiger partial charge < -0.3 is 10.3 Å². The first-order chi connectivity index (χ1) is 6.20. The van der Waals surface area contributed by atoms with Gasteiger partial charge in [-0.15, -0.1) is 0 Å². The molecule has 0 saturated heterocycles. The summed E-state index contributed by atoms with van der Waals surface area (Å²) in [7, 11) is 1.88. The van der Waals surface area contributed by atoms with Crippen molar-refractivity contribution in [2.75, 3.05) is 0 Å². The number of hydrogen-bond donors (Lipinski definition) is 1. The average Bonchev–Trinajstić information content (AvgIpc) is 2.45. The molecule has 0 aliphatic carbocycles. The van der Waals surface area contributed by atoms with Gasteiger partial charge in [0.2, 0.25) is 0 Å².